The van der Waals surface area contributed by atoms with E-state index < -0.39 is 17.7 Å². The van der Waals surface area contributed by atoms with E-state index in [1.54, 1.807) is 29.3 Å². The molecule has 1 aromatic heterocycles. The van der Waals surface area contributed by atoms with E-state index >= 15 is 0 Å². The second-order valence-electron chi connectivity index (χ2n) is 8.28. The molecular formula is C25H26ClN3O4. The van der Waals surface area contributed by atoms with Gasteiger partial charge in [-0.2, -0.15) is 0 Å². The van der Waals surface area contributed by atoms with Gasteiger partial charge in [0, 0.05) is 34.8 Å². The number of Topliss-reactive ketones (excluding diaryl/α,β-unsaturated/α-hetero) is 1. The van der Waals surface area contributed by atoms with E-state index in [9.17, 15) is 14.7 Å². The number of benzene rings is 2. The third-order valence-corrected chi connectivity index (χ3v) is 6.22. The molecule has 7 nitrogen and oxygen atoms in total. The number of amides is 1. The van der Waals surface area contributed by atoms with Crippen LogP contribution in [0.5, 0.6) is 5.75 Å². The summed E-state index contributed by atoms with van der Waals surface area (Å²) >= 11 is 6.36. The first-order valence-electron chi connectivity index (χ1n) is 10.7. The van der Waals surface area contributed by atoms with Crippen molar-refractivity contribution in [2.24, 2.45) is 0 Å². The highest BCUT2D eigenvalue weighted by Gasteiger charge is 2.46. The number of rotatable bonds is 7. The lowest BCUT2D eigenvalue weighted by atomic mass is 9.94. The monoisotopic (exact) mass is 467 g/mol. The Labute approximate surface area is 197 Å². The molecule has 1 amide bonds. The Morgan fingerprint density at radius 2 is 1.97 bits per heavy atom. The van der Waals surface area contributed by atoms with Crippen molar-refractivity contribution in [3.8, 4) is 5.75 Å². The average molecular weight is 468 g/mol. The Morgan fingerprint density at radius 3 is 2.70 bits per heavy atom. The predicted octanol–water partition coefficient (Wildman–Crippen LogP) is 4.20. The smallest absolute Gasteiger partial charge is 0.295 e. The largest absolute Gasteiger partial charge is 0.507 e. The van der Waals surface area contributed by atoms with Crippen LogP contribution in [0.1, 0.15) is 23.6 Å². The van der Waals surface area contributed by atoms with Crippen LogP contribution in [-0.2, 0) is 9.59 Å². The Morgan fingerprint density at radius 1 is 1.21 bits per heavy atom. The zero-order valence-electron chi connectivity index (χ0n) is 18.8. The van der Waals surface area contributed by atoms with Crippen LogP contribution in [0, 0.1) is 0 Å². The summed E-state index contributed by atoms with van der Waals surface area (Å²) in [5.41, 5.74) is 1.89. The Kier molecular flexibility index (Phi) is 6.44. The standard InChI is InChI=1S/C25H26ClN3O4/c1-28(2)11-6-12-29-22(18-14-27-20-8-5-4-7-16(18)20)21(24(31)25(29)32)23(30)17-13-15(33-3)9-10-19(17)26/h4-5,7-10,13-14,22,27,30H,6,11-12H2,1-3H3/b23-21+. The molecule has 1 fully saturated rings. The first-order valence-corrected chi connectivity index (χ1v) is 11.0. The predicted molar refractivity (Wildman–Crippen MR) is 128 cm³/mol. The molecule has 0 radical (unpaired) electrons. The number of aromatic amines is 1. The fourth-order valence-corrected chi connectivity index (χ4v) is 4.48. The average Bonchev–Trinajstić information content (AvgIpc) is 3.33. The first-order chi connectivity index (χ1) is 15.8. The van der Waals surface area contributed by atoms with Crippen molar-refractivity contribution in [2.75, 3.05) is 34.3 Å². The molecule has 2 heterocycles. The second-order valence-corrected chi connectivity index (χ2v) is 8.69. The summed E-state index contributed by atoms with van der Waals surface area (Å²) in [6.07, 6.45) is 2.47. The van der Waals surface area contributed by atoms with Crippen molar-refractivity contribution in [1.82, 2.24) is 14.8 Å². The molecule has 0 aliphatic carbocycles. The van der Waals surface area contributed by atoms with Crippen LogP contribution in [0.15, 0.2) is 54.2 Å². The number of hydrogen-bond acceptors (Lipinski definition) is 5. The van der Waals surface area contributed by atoms with E-state index in [-0.39, 0.29) is 21.9 Å². The van der Waals surface area contributed by atoms with Crippen LogP contribution in [0.3, 0.4) is 0 Å². The van der Waals surface area contributed by atoms with Crippen molar-refractivity contribution in [3.63, 3.8) is 0 Å². The number of likely N-dealkylation sites (tertiary alicyclic amines) is 1. The molecule has 8 heteroatoms. The normalized spacial score (nSPS) is 18.0. The second kappa shape index (κ2) is 9.29. The van der Waals surface area contributed by atoms with Crippen molar-refractivity contribution in [1.29, 1.82) is 0 Å². The molecule has 4 rings (SSSR count). The Balaban J connectivity index is 1.89. The Bertz CT molecular complexity index is 1250. The molecule has 0 saturated carbocycles. The molecule has 1 aliphatic rings. The van der Waals surface area contributed by atoms with E-state index in [0.717, 1.165) is 23.0 Å². The molecule has 1 aliphatic heterocycles. The van der Waals surface area contributed by atoms with Gasteiger partial charge in [-0.1, -0.05) is 29.8 Å². The maximum absolute atomic E-state index is 13.2. The van der Waals surface area contributed by atoms with Gasteiger partial charge < -0.3 is 24.6 Å². The van der Waals surface area contributed by atoms with Crippen LogP contribution >= 0.6 is 11.6 Å². The number of nitrogens with one attached hydrogen (secondary N) is 1. The van der Waals surface area contributed by atoms with Gasteiger partial charge in [-0.3, -0.25) is 9.59 Å². The number of halogens is 1. The summed E-state index contributed by atoms with van der Waals surface area (Å²) in [6.45, 7) is 1.13. The van der Waals surface area contributed by atoms with Gasteiger partial charge in [-0.15, -0.1) is 0 Å². The third-order valence-electron chi connectivity index (χ3n) is 5.89. The number of H-pyrrole nitrogens is 1. The van der Waals surface area contributed by atoms with Crippen LogP contribution < -0.4 is 4.74 Å². The van der Waals surface area contributed by atoms with Gasteiger partial charge in [0.25, 0.3) is 11.7 Å². The summed E-state index contributed by atoms with van der Waals surface area (Å²) in [5, 5.41) is 12.4. The number of nitrogens with zero attached hydrogens (tertiary/aromatic N) is 2. The minimum atomic E-state index is -0.745. The number of ether oxygens (including phenoxy) is 1. The number of ketones is 1. The van der Waals surface area contributed by atoms with Gasteiger partial charge in [0.15, 0.2) is 0 Å². The van der Waals surface area contributed by atoms with Gasteiger partial charge in [0.05, 0.1) is 23.7 Å². The molecule has 1 unspecified atom stereocenters. The lowest BCUT2D eigenvalue weighted by Crippen LogP contribution is -2.32. The number of methoxy groups -OCH3 is 1. The molecule has 1 saturated heterocycles. The fraction of sp³-hybridized carbons (Fsp3) is 0.280. The van der Waals surface area contributed by atoms with E-state index in [1.807, 2.05) is 43.3 Å². The lowest BCUT2D eigenvalue weighted by molar-refractivity contribution is -0.139. The van der Waals surface area contributed by atoms with Gasteiger partial charge in [0.2, 0.25) is 0 Å². The summed E-state index contributed by atoms with van der Waals surface area (Å²) in [6, 6.07) is 11.7. The lowest BCUT2D eigenvalue weighted by Gasteiger charge is -2.25. The number of aliphatic hydroxyl groups is 1. The minimum Gasteiger partial charge on any atom is -0.507 e. The van der Waals surface area contributed by atoms with E-state index in [0.29, 0.717) is 18.7 Å². The van der Waals surface area contributed by atoms with Gasteiger partial charge >= 0.3 is 0 Å². The molecule has 33 heavy (non-hydrogen) atoms. The molecule has 2 N–H and O–H groups in total. The number of aliphatic hydroxyl groups excluding tert-OH is 1. The first kappa shape index (κ1) is 22.9. The number of fused-ring (bicyclic) bond motifs is 1. The quantitative estimate of drug-likeness (QED) is 0.309. The van der Waals surface area contributed by atoms with Gasteiger partial charge in [-0.25, -0.2) is 0 Å². The fourth-order valence-electron chi connectivity index (χ4n) is 4.27. The van der Waals surface area contributed by atoms with Gasteiger partial charge in [-0.05, 0) is 51.3 Å². The number of carbonyl (C=O) groups excluding carboxylic acids is 2. The summed E-state index contributed by atoms with van der Waals surface area (Å²) in [4.78, 5) is 33.1. The van der Waals surface area contributed by atoms with E-state index in [2.05, 4.69) is 4.98 Å². The SMILES string of the molecule is COc1ccc(Cl)c(/C(O)=C2\C(=O)C(=O)N(CCCN(C)C)C2c2c[nH]c3ccccc23)c1. The van der Waals surface area contributed by atoms with Crippen molar-refractivity contribution >= 4 is 40.0 Å². The molecule has 0 spiro atoms. The number of aromatic nitrogens is 1. The highest BCUT2D eigenvalue weighted by Crippen LogP contribution is 2.43. The van der Waals surface area contributed by atoms with Crippen LogP contribution in [-0.4, -0.2) is 65.9 Å². The Hall–Kier alpha value is -3.29. The molecule has 0 bridgehead atoms. The van der Waals surface area contributed by atoms with Crippen LogP contribution in [0.4, 0.5) is 0 Å². The maximum Gasteiger partial charge on any atom is 0.295 e. The van der Waals surface area contributed by atoms with Crippen molar-refractivity contribution in [3.05, 3.63) is 70.4 Å². The van der Waals surface area contributed by atoms with Crippen molar-refractivity contribution < 1.29 is 19.4 Å². The number of para-hydroxylation sites is 1. The number of carbonyl (C=O) groups is 2. The van der Waals surface area contributed by atoms with Gasteiger partial charge in [0.1, 0.15) is 11.5 Å². The molecule has 1 atom stereocenters. The summed E-state index contributed by atoms with van der Waals surface area (Å²) in [7, 11) is 5.41. The minimum absolute atomic E-state index is 0.0183. The van der Waals surface area contributed by atoms with Crippen LogP contribution in [0.25, 0.3) is 16.7 Å². The van der Waals surface area contributed by atoms with E-state index in [4.69, 9.17) is 16.3 Å². The van der Waals surface area contributed by atoms with Crippen molar-refractivity contribution in [2.45, 2.75) is 12.5 Å². The zero-order chi connectivity index (χ0) is 23.7. The number of hydrogen-bond donors (Lipinski definition) is 2. The van der Waals surface area contributed by atoms with Crippen LogP contribution in [0.2, 0.25) is 5.02 Å². The highest BCUT2D eigenvalue weighted by atomic mass is 35.5. The highest BCUT2D eigenvalue weighted by molar-refractivity contribution is 6.47. The third kappa shape index (κ3) is 4.21. The topological polar surface area (TPSA) is 85.9 Å². The molecular weight excluding hydrogens is 442 g/mol. The van der Waals surface area contributed by atoms with E-state index in [1.165, 1.54) is 7.11 Å². The maximum atomic E-state index is 13.2. The zero-order valence-corrected chi connectivity index (χ0v) is 19.5. The summed E-state index contributed by atoms with van der Waals surface area (Å²) in [5.74, 6) is -1.21. The molecule has 172 valence electrons. The molecule has 3 aromatic rings. The summed E-state index contributed by atoms with van der Waals surface area (Å²) < 4.78 is 5.26. The molecule has 2 aromatic carbocycles.